The van der Waals surface area contributed by atoms with E-state index in [9.17, 15) is 19.5 Å². The molecule has 0 aliphatic heterocycles. The molecule has 3 rings (SSSR count). The summed E-state index contributed by atoms with van der Waals surface area (Å²) in [4.78, 5) is 34.0. The summed E-state index contributed by atoms with van der Waals surface area (Å²) in [6, 6.07) is 14.6. The van der Waals surface area contributed by atoms with Gasteiger partial charge in [-0.2, -0.15) is 0 Å². The van der Waals surface area contributed by atoms with E-state index in [1.54, 1.807) is 24.3 Å². The average Bonchev–Trinajstić information content (AvgIpc) is 2.81. The first-order chi connectivity index (χ1) is 15.8. The van der Waals surface area contributed by atoms with Crippen molar-refractivity contribution in [2.75, 3.05) is 17.6 Å². The lowest BCUT2D eigenvalue weighted by Gasteiger charge is -2.27. The highest BCUT2D eigenvalue weighted by Gasteiger charge is 2.29. The van der Waals surface area contributed by atoms with Crippen molar-refractivity contribution in [3.05, 3.63) is 60.2 Å². The zero-order chi connectivity index (χ0) is 24.2. The van der Waals surface area contributed by atoms with Crippen molar-refractivity contribution in [2.24, 2.45) is 23.3 Å². The zero-order valence-electron chi connectivity index (χ0n) is 19.0. The fraction of sp³-hybridized carbons (Fsp3) is 0.375. The van der Waals surface area contributed by atoms with E-state index < -0.39 is 18.0 Å². The monoisotopic (exact) mass is 491 g/mol. The maximum Gasteiger partial charge on any atom is 0.326 e. The summed E-state index contributed by atoms with van der Waals surface area (Å²) < 4.78 is 0. The first-order valence-electron chi connectivity index (χ1n) is 11.0. The molecule has 1 aliphatic carbocycles. The number of halogens is 1. The van der Waals surface area contributed by atoms with E-state index in [4.69, 9.17) is 17.2 Å². The third-order valence-corrected chi connectivity index (χ3v) is 5.63. The molecule has 34 heavy (non-hydrogen) atoms. The number of carboxylic acid groups (broad SMARTS) is 1. The Labute approximate surface area is 205 Å². The van der Waals surface area contributed by atoms with Gasteiger partial charge in [-0.15, -0.1) is 12.4 Å². The van der Waals surface area contributed by atoms with Gasteiger partial charge in [0.15, 0.2) is 0 Å². The summed E-state index contributed by atoms with van der Waals surface area (Å²) in [5.74, 6) is -0.712. The van der Waals surface area contributed by atoms with E-state index in [-0.39, 0.29) is 24.2 Å². The van der Waals surface area contributed by atoms with Crippen LogP contribution in [0.4, 0.5) is 16.2 Å². The molecule has 3 amide bonds. The molecule has 2 aromatic carbocycles. The minimum absolute atomic E-state index is 0. The van der Waals surface area contributed by atoms with E-state index in [0.717, 1.165) is 31.2 Å². The Morgan fingerprint density at radius 3 is 2.06 bits per heavy atom. The lowest BCUT2D eigenvalue weighted by atomic mass is 9.81. The summed E-state index contributed by atoms with van der Waals surface area (Å²) >= 11 is 0. The Morgan fingerprint density at radius 2 is 1.56 bits per heavy atom. The highest BCUT2D eigenvalue weighted by atomic mass is 35.5. The highest BCUT2D eigenvalue weighted by molar-refractivity contribution is 5.88. The van der Waals surface area contributed by atoms with Crippen LogP contribution in [0.1, 0.15) is 31.2 Å². The molecule has 10 heteroatoms. The van der Waals surface area contributed by atoms with Crippen LogP contribution >= 0.6 is 12.4 Å². The molecule has 0 spiro atoms. The molecule has 1 atom stereocenters. The van der Waals surface area contributed by atoms with Crippen molar-refractivity contribution in [2.45, 2.75) is 38.1 Å². The van der Waals surface area contributed by atoms with Crippen LogP contribution in [0.15, 0.2) is 54.6 Å². The minimum atomic E-state index is -0.993. The Morgan fingerprint density at radius 1 is 0.971 bits per heavy atom. The highest BCUT2D eigenvalue weighted by Crippen LogP contribution is 2.28. The van der Waals surface area contributed by atoms with Gasteiger partial charge in [-0.3, -0.25) is 4.79 Å². The number of anilines is 2. The van der Waals surface area contributed by atoms with E-state index in [0.29, 0.717) is 30.3 Å². The van der Waals surface area contributed by atoms with Gasteiger partial charge in [0, 0.05) is 23.7 Å². The largest absolute Gasteiger partial charge is 0.480 e. The fourth-order valence-corrected chi connectivity index (χ4v) is 3.71. The van der Waals surface area contributed by atoms with Gasteiger partial charge in [-0.25, -0.2) is 9.59 Å². The normalized spacial score (nSPS) is 17.7. The first-order valence-corrected chi connectivity index (χ1v) is 11.0. The third kappa shape index (κ3) is 10.1. The van der Waals surface area contributed by atoms with Crippen LogP contribution in [0.25, 0.3) is 0 Å². The van der Waals surface area contributed by atoms with Gasteiger partial charge in [-0.1, -0.05) is 30.3 Å². The van der Waals surface area contributed by atoms with Crippen LogP contribution in [0.3, 0.4) is 0 Å². The molecule has 9 nitrogen and oxygen atoms in total. The number of carbonyl (C=O) groups is 3. The van der Waals surface area contributed by atoms with Crippen LogP contribution in [-0.4, -0.2) is 35.6 Å². The second kappa shape index (κ2) is 14.8. The van der Waals surface area contributed by atoms with Gasteiger partial charge in [0.1, 0.15) is 6.04 Å². The summed E-state index contributed by atoms with van der Waals surface area (Å²) in [7, 11) is 0. The maximum atomic E-state index is 12.3. The standard InChI is InChI=1S/C17H24N2O3.C7H9N3O.ClH/c18-11-13-6-8-14(9-7-13)16(20)19-15(17(21)22)10-12-4-2-1-3-5-12;8-5-1-3-6(4-2-5)10-7(9)11;/h1-5,13-15H,6-11,18H2,(H,19,20)(H,21,22);1-4H,8H2,(H3,9,10,11);1H/t13?,14?,15-;;/m0../s1. The molecule has 2 aromatic rings. The van der Waals surface area contributed by atoms with Crippen molar-refractivity contribution >= 4 is 41.7 Å². The van der Waals surface area contributed by atoms with E-state index >= 15 is 0 Å². The second-order valence-electron chi connectivity index (χ2n) is 8.15. The molecule has 0 bridgehead atoms. The molecular formula is C24H34ClN5O4. The van der Waals surface area contributed by atoms with E-state index in [1.165, 1.54) is 0 Å². The fourth-order valence-electron chi connectivity index (χ4n) is 3.71. The number of carbonyl (C=O) groups excluding carboxylic acids is 2. The number of nitrogens with two attached hydrogens (primary N) is 3. The Kier molecular flexibility index (Phi) is 12.5. The lowest BCUT2D eigenvalue weighted by molar-refractivity contribution is -0.142. The SMILES string of the molecule is Cl.NC(=O)Nc1ccc(N)cc1.NCC1CCC(C(=O)N[C@@H](Cc2ccccc2)C(=O)O)CC1. The average molecular weight is 492 g/mol. The number of nitrogen functional groups attached to an aromatic ring is 1. The van der Waals surface area contributed by atoms with Gasteiger partial charge in [0.05, 0.1) is 0 Å². The number of rotatable bonds is 7. The van der Waals surface area contributed by atoms with Crippen LogP contribution in [0, 0.1) is 11.8 Å². The smallest absolute Gasteiger partial charge is 0.326 e. The number of primary amides is 1. The molecular weight excluding hydrogens is 458 g/mol. The predicted octanol–water partition coefficient (Wildman–Crippen LogP) is 2.74. The summed E-state index contributed by atoms with van der Waals surface area (Å²) in [5.41, 5.74) is 18.2. The van der Waals surface area contributed by atoms with Crippen LogP contribution in [-0.2, 0) is 16.0 Å². The molecule has 0 radical (unpaired) electrons. The topological polar surface area (TPSA) is 174 Å². The number of carboxylic acids is 1. The molecule has 0 aromatic heterocycles. The van der Waals surface area contributed by atoms with Gasteiger partial charge in [-0.05, 0) is 68.0 Å². The summed E-state index contributed by atoms with van der Waals surface area (Å²) in [6.45, 7) is 0.667. The van der Waals surface area contributed by atoms with E-state index in [1.807, 2.05) is 30.3 Å². The number of urea groups is 1. The zero-order valence-corrected chi connectivity index (χ0v) is 19.8. The lowest BCUT2D eigenvalue weighted by Crippen LogP contribution is -2.45. The van der Waals surface area contributed by atoms with Gasteiger partial charge in [0.2, 0.25) is 5.91 Å². The molecule has 1 saturated carbocycles. The van der Waals surface area contributed by atoms with E-state index in [2.05, 4.69) is 10.6 Å². The van der Waals surface area contributed by atoms with Crippen LogP contribution < -0.4 is 27.8 Å². The number of benzene rings is 2. The Balaban J connectivity index is 0.000000407. The van der Waals surface area contributed by atoms with Gasteiger partial charge in [0.25, 0.3) is 0 Å². The number of hydrogen-bond acceptors (Lipinski definition) is 5. The van der Waals surface area contributed by atoms with Crippen molar-refractivity contribution in [1.82, 2.24) is 5.32 Å². The Bertz CT molecular complexity index is 903. The number of hydrogen-bond donors (Lipinski definition) is 6. The number of amides is 3. The second-order valence-corrected chi connectivity index (χ2v) is 8.15. The quantitative estimate of drug-likeness (QED) is 0.324. The maximum absolute atomic E-state index is 12.3. The number of aliphatic carboxylic acids is 1. The molecule has 1 fully saturated rings. The van der Waals surface area contributed by atoms with Crippen molar-refractivity contribution < 1.29 is 19.5 Å². The van der Waals surface area contributed by atoms with Gasteiger partial charge >= 0.3 is 12.0 Å². The molecule has 1 aliphatic rings. The van der Waals surface area contributed by atoms with Crippen molar-refractivity contribution in [3.63, 3.8) is 0 Å². The third-order valence-electron chi connectivity index (χ3n) is 5.63. The van der Waals surface area contributed by atoms with Gasteiger partial charge < -0.3 is 32.9 Å². The molecule has 186 valence electrons. The molecule has 0 unspecified atom stereocenters. The van der Waals surface area contributed by atoms with Crippen molar-refractivity contribution in [1.29, 1.82) is 0 Å². The summed E-state index contributed by atoms with van der Waals surface area (Å²) in [6.07, 6.45) is 3.80. The summed E-state index contributed by atoms with van der Waals surface area (Å²) in [5, 5.41) is 14.4. The molecule has 0 saturated heterocycles. The first kappa shape index (κ1) is 28.7. The molecule has 0 heterocycles. The minimum Gasteiger partial charge on any atom is -0.480 e. The predicted molar refractivity (Wildman–Crippen MR) is 136 cm³/mol. The molecule has 9 N–H and O–H groups in total. The number of nitrogens with one attached hydrogen (secondary N) is 2. The Hall–Kier alpha value is -3.30. The van der Waals surface area contributed by atoms with Crippen LogP contribution in [0.5, 0.6) is 0 Å². The van der Waals surface area contributed by atoms with Crippen molar-refractivity contribution in [3.8, 4) is 0 Å². The van der Waals surface area contributed by atoms with Crippen LogP contribution in [0.2, 0.25) is 0 Å².